The van der Waals surface area contributed by atoms with E-state index in [9.17, 15) is 8.42 Å². The number of sulfone groups is 1. The van der Waals surface area contributed by atoms with Gasteiger partial charge in [0.1, 0.15) is 0 Å². The summed E-state index contributed by atoms with van der Waals surface area (Å²) in [5.41, 5.74) is 0. The molecule has 1 aliphatic heterocycles. The van der Waals surface area contributed by atoms with E-state index < -0.39 is 9.84 Å². The van der Waals surface area contributed by atoms with Crippen LogP contribution in [-0.4, -0.2) is 44.7 Å². The molecule has 0 bridgehead atoms. The summed E-state index contributed by atoms with van der Waals surface area (Å²) in [5, 5.41) is 11.5. The van der Waals surface area contributed by atoms with Crippen molar-refractivity contribution < 1.29 is 13.5 Å². The van der Waals surface area contributed by atoms with Crippen LogP contribution in [0, 0.1) is 5.92 Å². The molecule has 1 heterocycles. The highest BCUT2D eigenvalue weighted by Gasteiger charge is 2.26. The zero-order chi connectivity index (χ0) is 9.03. The van der Waals surface area contributed by atoms with Crippen molar-refractivity contribution in [2.75, 3.05) is 31.2 Å². The third kappa shape index (κ3) is 3.08. The maximum Gasteiger partial charge on any atom is 0.150 e. The Kier molecular flexibility index (Phi) is 3.49. The van der Waals surface area contributed by atoms with Crippen LogP contribution in [0.15, 0.2) is 0 Å². The predicted octanol–water partition coefficient (Wildman–Crippen LogP) is -0.997. The highest BCUT2D eigenvalue weighted by atomic mass is 32.2. The van der Waals surface area contributed by atoms with Gasteiger partial charge in [0.05, 0.1) is 18.1 Å². The lowest BCUT2D eigenvalue weighted by molar-refractivity contribution is 0.289. The quantitative estimate of drug-likeness (QED) is 0.562. The molecule has 1 atom stereocenters. The van der Waals surface area contributed by atoms with Crippen molar-refractivity contribution in [1.82, 2.24) is 5.32 Å². The van der Waals surface area contributed by atoms with E-state index in [0.29, 0.717) is 24.6 Å². The number of nitrogens with one attached hydrogen (secondary N) is 1. The minimum atomic E-state index is -2.74. The van der Waals surface area contributed by atoms with Gasteiger partial charge in [0.15, 0.2) is 9.84 Å². The summed E-state index contributed by atoms with van der Waals surface area (Å²) in [6, 6.07) is 0. The second-order valence-electron chi connectivity index (χ2n) is 3.20. The molecule has 72 valence electrons. The van der Waals surface area contributed by atoms with Crippen LogP contribution in [-0.2, 0) is 9.84 Å². The molecule has 1 unspecified atom stereocenters. The van der Waals surface area contributed by atoms with Gasteiger partial charge in [-0.1, -0.05) is 0 Å². The molecular formula is C7H15NO3S. The van der Waals surface area contributed by atoms with E-state index in [-0.39, 0.29) is 12.5 Å². The molecule has 1 rings (SSSR count). The first-order valence-electron chi connectivity index (χ1n) is 4.16. The lowest BCUT2D eigenvalue weighted by Gasteiger charge is -2.07. The molecule has 4 nitrogen and oxygen atoms in total. The lowest BCUT2D eigenvalue weighted by atomic mass is 10.1. The van der Waals surface area contributed by atoms with Crippen LogP contribution in [0.5, 0.6) is 0 Å². The number of aliphatic hydroxyl groups is 1. The van der Waals surface area contributed by atoms with E-state index in [2.05, 4.69) is 5.32 Å². The molecule has 0 aromatic rings. The van der Waals surface area contributed by atoms with Crippen LogP contribution in [0.3, 0.4) is 0 Å². The Balaban J connectivity index is 2.20. The molecule has 12 heavy (non-hydrogen) atoms. The van der Waals surface area contributed by atoms with Gasteiger partial charge in [0.25, 0.3) is 0 Å². The van der Waals surface area contributed by atoms with Crippen LogP contribution in [0.4, 0.5) is 0 Å². The molecule has 1 aliphatic rings. The SMILES string of the molecule is O=S1(=O)CCC(CNCCO)C1. The summed E-state index contributed by atoms with van der Waals surface area (Å²) in [6.07, 6.45) is 0.765. The molecule has 2 N–H and O–H groups in total. The van der Waals surface area contributed by atoms with Crippen LogP contribution in [0.1, 0.15) is 6.42 Å². The van der Waals surface area contributed by atoms with Gasteiger partial charge < -0.3 is 10.4 Å². The average molecular weight is 193 g/mol. The van der Waals surface area contributed by atoms with Crippen molar-refractivity contribution >= 4 is 9.84 Å². The minimum Gasteiger partial charge on any atom is -0.395 e. The van der Waals surface area contributed by atoms with Crippen molar-refractivity contribution in [2.24, 2.45) is 5.92 Å². The fourth-order valence-corrected chi connectivity index (χ4v) is 3.28. The zero-order valence-corrected chi connectivity index (χ0v) is 7.81. The van der Waals surface area contributed by atoms with E-state index in [4.69, 9.17) is 5.11 Å². The predicted molar refractivity (Wildman–Crippen MR) is 46.7 cm³/mol. The van der Waals surface area contributed by atoms with Crippen molar-refractivity contribution in [1.29, 1.82) is 0 Å². The monoisotopic (exact) mass is 193 g/mol. The average Bonchev–Trinajstić information content (AvgIpc) is 2.31. The Morgan fingerprint density at radius 1 is 1.50 bits per heavy atom. The van der Waals surface area contributed by atoms with E-state index in [1.54, 1.807) is 0 Å². The fourth-order valence-electron chi connectivity index (χ4n) is 1.42. The second kappa shape index (κ2) is 4.20. The van der Waals surface area contributed by atoms with Gasteiger partial charge in [-0.15, -0.1) is 0 Å². The van der Waals surface area contributed by atoms with Gasteiger partial charge in [-0.25, -0.2) is 8.42 Å². The zero-order valence-electron chi connectivity index (χ0n) is 6.99. The standard InChI is InChI=1S/C7H15NO3S/c9-3-2-8-5-7-1-4-12(10,11)6-7/h7-9H,1-6H2. The third-order valence-electron chi connectivity index (χ3n) is 2.05. The van der Waals surface area contributed by atoms with Crippen LogP contribution in [0.2, 0.25) is 0 Å². The smallest absolute Gasteiger partial charge is 0.150 e. The van der Waals surface area contributed by atoms with E-state index in [0.717, 1.165) is 6.42 Å². The van der Waals surface area contributed by atoms with Crippen molar-refractivity contribution in [3.63, 3.8) is 0 Å². The fraction of sp³-hybridized carbons (Fsp3) is 1.00. The van der Waals surface area contributed by atoms with Gasteiger partial charge in [0, 0.05) is 6.54 Å². The first-order valence-corrected chi connectivity index (χ1v) is 5.98. The topological polar surface area (TPSA) is 66.4 Å². The largest absolute Gasteiger partial charge is 0.395 e. The maximum atomic E-state index is 11.0. The molecule has 1 fully saturated rings. The van der Waals surface area contributed by atoms with Gasteiger partial charge in [-0.3, -0.25) is 0 Å². The normalized spacial score (nSPS) is 27.6. The molecule has 1 saturated heterocycles. The van der Waals surface area contributed by atoms with Crippen molar-refractivity contribution in [2.45, 2.75) is 6.42 Å². The Hall–Kier alpha value is -0.130. The Morgan fingerprint density at radius 2 is 2.25 bits per heavy atom. The number of hydrogen-bond donors (Lipinski definition) is 2. The molecule has 0 aromatic heterocycles. The lowest BCUT2D eigenvalue weighted by Crippen LogP contribution is -2.26. The Bertz CT molecular complexity index is 225. The third-order valence-corrected chi connectivity index (χ3v) is 3.89. The number of hydrogen-bond acceptors (Lipinski definition) is 4. The first-order chi connectivity index (χ1) is 5.64. The Labute approximate surface area is 72.9 Å². The van der Waals surface area contributed by atoms with E-state index in [1.807, 2.05) is 0 Å². The molecule has 0 radical (unpaired) electrons. The summed E-state index contributed by atoms with van der Waals surface area (Å²) >= 11 is 0. The van der Waals surface area contributed by atoms with Gasteiger partial charge in [-0.05, 0) is 18.9 Å². The van der Waals surface area contributed by atoms with Gasteiger partial charge >= 0.3 is 0 Å². The molecule has 5 heteroatoms. The van der Waals surface area contributed by atoms with E-state index >= 15 is 0 Å². The van der Waals surface area contributed by atoms with Crippen LogP contribution < -0.4 is 5.32 Å². The summed E-state index contributed by atoms with van der Waals surface area (Å²) in [7, 11) is -2.74. The first kappa shape index (κ1) is 9.95. The number of aliphatic hydroxyl groups excluding tert-OH is 1. The van der Waals surface area contributed by atoms with Crippen LogP contribution >= 0.6 is 0 Å². The molecule has 0 spiro atoms. The minimum absolute atomic E-state index is 0.111. The van der Waals surface area contributed by atoms with Crippen LogP contribution in [0.25, 0.3) is 0 Å². The molecular weight excluding hydrogens is 178 g/mol. The second-order valence-corrected chi connectivity index (χ2v) is 5.43. The maximum absolute atomic E-state index is 11.0. The summed E-state index contributed by atoms with van der Waals surface area (Å²) < 4.78 is 22.0. The summed E-state index contributed by atoms with van der Waals surface area (Å²) in [5.74, 6) is 0.894. The van der Waals surface area contributed by atoms with Gasteiger partial charge in [0.2, 0.25) is 0 Å². The highest BCUT2D eigenvalue weighted by Crippen LogP contribution is 2.16. The van der Waals surface area contributed by atoms with Crippen molar-refractivity contribution in [3.05, 3.63) is 0 Å². The Morgan fingerprint density at radius 3 is 2.75 bits per heavy atom. The molecule has 0 amide bonds. The molecule has 0 aromatic carbocycles. The highest BCUT2D eigenvalue weighted by molar-refractivity contribution is 7.91. The molecule has 0 aliphatic carbocycles. The number of rotatable bonds is 4. The summed E-state index contributed by atoms with van der Waals surface area (Å²) in [4.78, 5) is 0. The van der Waals surface area contributed by atoms with E-state index in [1.165, 1.54) is 0 Å². The van der Waals surface area contributed by atoms with Gasteiger partial charge in [-0.2, -0.15) is 0 Å². The van der Waals surface area contributed by atoms with Crippen molar-refractivity contribution in [3.8, 4) is 0 Å². The molecule has 0 saturated carbocycles. The summed E-state index contributed by atoms with van der Waals surface area (Å²) in [6.45, 7) is 1.37.